The molecule has 1 spiro atoms. The molecule has 3 heterocycles. The molecule has 1 aromatic heterocycles. The van der Waals surface area contributed by atoms with Crippen molar-refractivity contribution in [1.29, 1.82) is 0 Å². The number of urea groups is 1. The number of ether oxygens (including phenoxy) is 1. The van der Waals surface area contributed by atoms with E-state index in [2.05, 4.69) is 36.8 Å². The van der Waals surface area contributed by atoms with E-state index in [0.717, 1.165) is 49.0 Å². The number of aromatic nitrogens is 1. The minimum absolute atomic E-state index is 0.0112. The molecule has 3 aromatic carbocycles. The van der Waals surface area contributed by atoms with Crippen molar-refractivity contribution in [2.75, 3.05) is 57.2 Å². The summed E-state index contributed by atoms with van der Waals surface area (Å²) in [5.41, 5.74) is 6.83. The Bertz CT molecular complexity index is 2260. The van der Waals surface area contributed by atoms with Crippen LogP contribution in [-0.4, -0.2) is 96.9 Å². The Morgan fingerprint density at radius 1 is 0.817 bits per heavy atom. The van der Waals surface area contributed by atoms with Gasteiger partial charge in [-0.3, -0.25) is 39.1 Å². The zero-order valence-corrected chi connectivity index (χ0v) is 34.3. The maximum Gasteiger partial charge on any atom is 0.328 e. The molecule has 4 N–H and O–H groups in total. The van der Waals surface area contributed by atoms with Gasteiger partial charge in [-0.2, -0.15) is 0 Å². The summed E-state index contributed by atoms with van der Waals surface area (Å²) in [6.45, 7) is 5.32. The number of anilines is 2. The first-order valence-electron chi connectivity index (χ1n) is 20.4. The number of nitrogens with zero attached hydrogens (tertiary/aromatic N) is 4. The molecule has 2 aliphatic heterocycles. The number of hydrogen-bond donors (Lipinski definition) is 4. The SMILES string of the molecule is Cc1ccc(C(=O)NCCOCCC(=O)Nc2ccc(CNC(=O)c3ccc4n3CCN(Cc3ccc(C(=O)N(C)C)cc3)C43CCC3)cc2)cc1N1CCC(=O)NC1=O. The van der Waals surface area contributed by atoms with E-state index >= 15 is 0 Å². The monoisotopic (exact) mass is 816 g/mol. The summed E-state index contributed by atoms with van der Waals surface area (Å²) in [5, 5.41) is 11.0. The lowest BCUT2D eigenvalue weighted by molar-refractivity contribution is -0.120. The molecule has 0 radical (unpaired) electrons. The van der Waals surface area contributed by atoms with Gasteiger partial charge in [0.2, 0.25) is 11.8 Å². The van der Waals surface area contributed by atoms with Crippen LogP contribution in [0.15, 0.2) is 78.9 Å². The van der Waals surface area contributed by atoms with Crippen LogP contribution in [0.2, 0.25) is 0 Å². The molecule has 1 saturated carbocycles. The quantitative estimate of drug-likeness (QED) is 0.127. The van der Waals surface area contributed by atoms with Crippen molar-refractivity contribution in [2.24, 2.45) is 0 Å². The lowest BCUT2D eigenvalue weighted by Crippen LogP contribution is -2.56. The van der Waals surface area contributed by atoms with Crippen LogP contribution in [0.25, 0.3) is 0 Å². The summed E-state index contributed by atoms with van der Waals surface area (Å²) in [7, 11) is 3.51. The number of rotatable bonds is 15. The standard InChI is InChI=1S/C45H52N8O7/c1-30-5-10-34(27-37(30)53-22-17-39(54)49-44(53)59)41(56)46-21-26-60-25-18-40(55)48-35-13-8-31(9-14-35)28-47-42(57)36-15-16-38-45(19-4-20-45)51(23-24-52(36)38)29-32-6-11-33(12-7-32)43(58)50(2)3/h5-16,27H,4,17-26,28-29H2,1-3H3,(H,46,56)(H,47,57)(H,48,55)(H,49,54,59). The molecule has 7 rings (SSSR count). The highest BCUT2D eigenvalue weighted by molar-refractivity contribution is 6.06. The molecule has 60 heavy (non-hydrogen) atoms. The van der Waals surface area contributed by atoms with E-state index in [1.807, 2.05) is 49.4 Å². The average Bonchev–Trinajstić information content (AvgIpc) is 3.66. The van der Waals surface area contributed by atoms with Gasteiger partial charge in [-0.05, 0) is 91.4 Å². The molecule has 7 amide bonds. The van der Waals surface area contributed by atoms with E-state index in [4.69, 9.17) is 4.74 Å². The first-order valence-corrected chi connectivity index (χ1v) is 20.4. The number of fused-ring (bicyclic) bond motifs is 2. The summed E-state index contributed by atoms with van der Waals surface area (Å²) in [4.78, 5) is 80.5. The highest BCUT2D eigenvalue weighted by atomic mass is 16.5. The molecular formula is C45H52N8O7. The van der Waals surface area contributed by atoms with Crippen LogP contribution < -0.4 is 26.2 Å². The number of carbonyl (C=O) groups is 6. The summed E-state index contributed by atoms with van der Waals surface area (Å²) in [5.74, 6) is -1.01. The van der Waals surface area contributed by atoms with Gasteiger partial charge in [-0.1, -0.05) is 30.3 Å². The topological polar surface area (TPSA) is 174 Å². The number of amides is 7. The van der Waals surface area contributed by atoms with Crippen LogP contribution in [0.3, 0.4) is 0 Å². The Morgan fingerprint density at radius 3 is 2.25 bits per heavy atom. The number of nitrogens with one attached hydrogen (secondary N) is 4. The lowest BCUT2D eigenvalue weighted by atomic mass is 9.71. The van der Waals surface area contributed by atoms with Gasteiger partial charge in [0, 0.05) is 88.0 Å². The maximum atomic E-state index is 13.5. The van der Waals surface area contributed by atoms with E-state index < -0.39 is 6.03 Å². The summed E-state index contributed by atoms with van der Waals surface area (Å²) in [6, 6.07) is 23.8. The molecule has 15 heteroatoms. The minimum Gasteiger partial charge on any atom is -0.379 e. The molecule has 4 aromatic rings. The number of carbonyl (C=O) groups excluding carboxylic acids is 6. The van der Waals surface area contributed by atoms with Crippen molar-refractivity contribution in [1.82, 2.24) is 30.3 Å². The first kappa shape index (κ1) is 41.8. The molecule has 0 unspecified atom stereocenters. The molecule has 3 aliphatic rings. The largest absolute Gasteiger partial charge is 0.379 e. The first-order chi connectivity index (χ1) is 28.9. The fourth-order valence-corrected chi connectivity index (χ4v) is 8.10. The number of benzene rings is 3. The molecule has 0 atom stereocenters. The Labute approximate surface area is 349 Å². The fourth-order valence-electron chi connectivity index (χ4n) is 8.10. The summed E-state index contributed by atoms with van der Waals surface area (Å²) >= 11 is 0. The zero-order chi connectivity index (χ0) is 42.4. The highest BCUT2D eigenvalue weighted by Crippen LogP contribution is 2.49. The van der Waals surface area contributed by atoms with Crippen molar-refractivity contribution in [3.8, 4) is 0 Å². The fraction of sp³-hybridized carbons (Fsp3) is 0.378. The van der Waals surface area contributed by atoms with Gasteiger partial charge in [0.25, 0.3) is 17.7 Å². The van der Waals surface area contributed by atoms with Crippen molar-refractivity contribution in [3.63, 3.8) is 0 Å². The van der Waals surface area contributed by atoms with Gasteiger partial charge in [-0.15, -0.1) is 0 Å². The molecule has 314 valence electrons. The molecular weight excluding hydrogens is 765 g/mol. The maximum absolute atomic E-state index is 13.5. The predicted molar refractivity (Wildman–Crippen MR) is 226 cm³/mol. The normalized spacial score (nSPS) is 15.8. The molecule has 1 saturated heterocycles. The molecule has 15 nitrogen and oxygen atoms in total. The van der Waals surface area contributed by atoms with Gasteiger partial charge in [0.1, 0.15) is 5.69 Å². The smallest absolute Gasteiger partial charge is 0.328 e. The van der Waals surface area contributed by atoms with E-state index in [1.165, 1.54) is 10.6 Å². The van der Waals surface area contributed by atoms with Crippen molar-refractivity contribution in [3.05, 3.63) is 118 Å². The van der Waals surface area contributed by atoms with E-state index in [-0.39, 0.29) is 74.2 Å². The summed E-state index contributed by atoms with van der Waals surface area (Å²) < 4.78 is 7.75. The third kappa shape index (κ3) is 9.27. The van der Waals surface area contributed by atoms with Crippen molar-refractivity contribution >= 4 is 46.9 Å². The van der Waals surface area contributed by atoms with Crippen LogP contribution in [0.4, 0.5) is 16.2 Å². The molecule has 0 bridgehead atoms. The second-order valence-corrected chi connectivity index (χ2v) is 15.8. The molecule has 1 aliphatic carbocycles. The van der Waals surface area contributed by atoms with Gasteiger partial charge in [0.05, 0.1) is 25.2 Å². The van der Waals surface area contributed by atoms with Crippen LogP contribution in [-0.2, 0) is 39.5 Å². The lowest BCUT2D eigenvalue weighted by Gasteiger charge is -2.53. The van der Waals surface area contributed by atoms with Gasteiger partial charge >= 0.3 is 6.03 Å². The number of aryl methyl sites for hydroxylation is 1. The van der Waals surface area contributed by atoms with E-state index in [9.17, 15) is 28.8 Å². The van der Waals surface area contributed by atoms with Crippen LogP contribution >= 0.6 is 0 Å². The second kappa shape index (κ2) is 18.3. The Kier molecular flexibility index (Phi) is 12.8. The molecule has 2 fully saturated rings. The minimum atomic E-state index is -0.513. The third-order valence-corrected chi connectivity index (χ3v) is 11.6. The van der Waals surface area contributed by atoms with Crippen LogP contribution in [0.5, 0.6) is 0 Å². The van der Waals surface area contributed by atoms with Crippen LogP contribution in [0, 0.1) is 6.92 Å². The summed E-state index contributed by atoms with van der Waals surface area (Å²) in [6.07, 6.45) is 3.53. The van der Waals surface area contributed by atoms with Crippen molar-refractivity contribution < 1.29 is 33.5 Å². The Morgan fingerprint density at radius 2 is 1.55 bits per heavy atom. The second-order valence-electron chi connectivity index (χ2n) is 15.8. The van der Waals surface area contributed by atoms with E-state index in [0.29, 0.717) is 41.3 Å². The predicted octanol–water partition coefficient (Wildman–Crippen LogP) is 4.54. The third-order valence-electron chi connectivity index (χ3n) is 11.6. The van der Waals surface area contributed by atoms with Gasteiger partial charge < -0.3 is 30.2 Å². The van der Waals surface area contributed by atoms with Gasteiger partial charge in [0.15, 0.2) is 0 Å². The average molecular weight is 817 g/mol. The Balaban J connectivity index is 0.819. The number of hydrogen-bond acceptors (Lipinski definition) is 8. The van der Waals surface area contributed by atoms with Crippen molar-refractivity contribution in [2.45, 2.75) is 64.2 Å². The zero-order valence-electron chi connectivity index (χ0n) is 34.3. The number of imide groups is 1. The Hall–Kier alpha value is -6.32. The highest BCUT2D eigenvalue weighted by Gasteiger charge is 2.48. The van der Waals surface area contributed by atoms with E-state index in [1.54, 1.807) is 49.3 Å². The van der Waals surface area contributed by atoms with Gasteiger partial charge in [-0.25, -0.2) is 4.79 Å². The van der Waals surface area contributed by atoms with Crippen LogP contribution in [0.1, 0.15) is 85.7 Å².